The van der Waals surface area contributed by atoms with E-state index >= 15 is 0 Å². The van der Waals surface area contributed by atoms with Gasteiger partial charge < -0.3 is 14.6 Å². The molecule has 0 spiro atoms. The van der Waals surface area contributed by atoms with Gasteiger partial charge in [0, 0.05) is 28.4 Å². The number of amides is 2. The fourth-order valence-corrected chi connectivity index (χ4v) is 4.33. The molecule has 1 saturated heterocycles. The third kappa shape index (κ3) is 5.62. The van der Waals surface area contributed by atoms with E-state index in [4.69, 9.17) is 4.42 Å². The van der Waals surface area contributed by atoms with Crippen LogP contribution in [0.25, 0.3) is 0 Å². The zero-order chi connectivity index (χ0) is 19.2. The van der Waals surface area contributed by atoms with Crippen LogP contribution in [-0.4, -0.2) is 35.1 Å². The molecular formula is C20H23BrN2O3S. The minimum atomic E-state index is -0.143. The Morgan fingerprint density at radius 3 is 2.59 bits per heavy atom. The molecule has 5 nitrogen and oxygen atoms in total. The van der Waals surface area contributed by atoms with E-state index in [-0.39, 0.29) is 23.0 Å². The van der Waals surface area contributed by atoms with E-state index in [0.717, 1.165) is 15.1 Å². The summed E-state index contributed by atoms with van der Waals surface area (Å²) in [5, 5.41) is 2.77. The maximum Gasteiger partial charge on any atom is 0.235 e. The molecule has 2 amide bonds. The van der Waals surface area contributed by atoms with Crippen LogP contribution in [0.2, 0.25) is 0 Å². The first kappa shape index (κ1) is 20.0. The number of nitrogens with one attached hydrogen (secondary N) is 1. The first-order chi connectivity index (χ1) is 13.0. The van der Waals surface area contributed by atoms with Gasteiger partial charge in [0.25, 0.3) is 0 Å². The number of hydrogen-bond donors (Lipinski definition) is 1. The number of carbonyl (C=O) groups excluding carboxylic acids is 2. The topological polar surface area (TPSA) is 62.6 Å². The Morgan fingerprint density at radius 1 is 1.26 bits per heavy atom. The molecule has 1 atom stereocenters. The number of carbonyl (C=O) groups is 2. The summed E-state index contributed by atoms with van der Waals surface area (Å²) in [6.45, 7) is 3.61. The number of halogens is 1. The predicted molar refractivity (Wildman–Crippen MR) is 109 cm³/mol. The van der Waals surface area contributed by atoms with Gasteiger partial charge in [0.1, 0.15) is 5.76 Å². The van der Waals surface area contributed by atoms with Crippen LogP contribution >= 0.6 is 27.7 Å². The summed E-state index contributed by atoms with van der Waals surface area (Å²) < 4.78 is 6.26. The zero-order valence-electron chi connectivity index (χ0n) is 15.2. The largest absolute Gasteiger partial charge is 0.467 e. The molecule has 2 heterocycles. The van der Waals surface area contributed by atoms with Gasteiger partial charge in [-0.15, -0.1) is 11.8 Å². The van der Waals surface area contributed by atoms with Gasteiger partial charge >= 0.3 is 0 Å². The normalized spacial score (nSPS) is 16.1. The van der Waals surface area contributed by atoms with E-state index in [1.54, 1.807) is 24.1 Å². The quantitative estimate of drug-likeness (QED) is 0.673. The molecule has 0 saturated carbocycles. The molecule has 0 bridgehead atoms. The molecule has 1 N–H and O–H groups in total. The lowest BCUT2D eigenvalue weighted by Gasteiger charge is -2.32. The van der Waals surface area contributed by atoms with Gasteiger partial charge in [0.15, 0.2) is 0 Å². The van der Waals surface area contributed by atoms with Crippen molar-refractivity contribution in [2.45, 2.75) is 36.5 Å². The molecule has 0 radical (unpaired) electrons. The molecule has 1 unspecified atom stereocenters. The van der Waals surface area contributed by atoms with Crippen molar-refractivity contribution in [3.63, 3.8) is 0 Å². The van der Waals surface area contributed by atoms with Crippen LogP contribution in [0.15, 0.2) is 56.4 Å². The smallest absolute Gasteiger partial charge is 0.235 e. The number of benzene rings is 1. The number of furan rings is 1. The van der Waals surface area contributed by atoms with E-state index in [9.17, 15) is 9.59 Å². The third-order valence-electron chi connectivity index (χ3n) is 4.67. The average Bonchev–Trinajstić information content (AvgIpc) is 3.21. The van der Waals surface area contributed by atoms with Crippen LogP contribution in [0, 0.1) is 5.92 Å². The second kappa shape index (κ2) is 9.46. The second-order valence-corrected chi connectivity index (χ2v) is 8.94. The molecule has 27 heavy (non-hydrogen) atoms. The van der Waals surface area contributed by atoms with Crippen molar-refractivity contribution in [3.8, 4) is 0 Å². The fraction of sp³-hybridized carbons (Fsp3) is 0.400. The van der Waals surface area contributed by atoms with Crippen molar-refractivity contribution in [2.24, 2.45) is 5.92 Å². The molecule has 1 aliphatic rings. The summed E-state index contributed by atoms with van der Waals surface area (Å²) in [6.07, 6.45) is 3.00. The number of piperidine rings is 1. The minimum Gasteiger partial charge on any atom is -0.467 e. The molecule has 1 aromatic heterocycles. The summed E-state index contributed by atoms with van der Waals surface area (Å²) >= 11 is 4.99. The molecule has 2 aromatic rings. The summed E-state index contributed by atoms with van der Waals surface area (Å²) in [6, 6.07) is 11.6. The molecule has 144 valence electrons. The van der Waals surface area contributed by atoms with E-state index in [1.165, 1.54) is 0 Å². The predicted octanol–water partition coefficient (Wildman–Crippen LogP) is 4.08. The SMILES string of the molecule is CC(Sc1ccc(Br)cc1)C(=O)N1CCC(C(=O)NCc2ccco2)CC1. The van der Waals surface area contributed by atoms with Gasteiger partial charge in [0.2, 0.25) is 11.8 Å². The highest BCUT2D eigenvalue weighted by atomic mass is 79.9. The van der Waals surface area contributed by atoms with Crippen molar-refractivity contribution < 1.29 is 14.0 Å². The lowest BCUT2D eigenvalue weighted by atomic mass is 9.95. The molecule has 1 fully saturated rings. The van der Waals surface area contributed by atoms with Crippen LogP contribution < -0.4 is 5.32 Å². The summed E-state index contributed by atoms with van der Waals surface area (Å²) in [7, 11) is 0. The number of nitrogens with zero attached hydrogens (tertiary/aromatic N) is 1. The zero-order valence-corrected chi connectivity index (χ0v) is 17.6. The van der Waals surface area contributed by atoms with E-state index in [1.807, 2.05) is 42.2 Å². The fourth-order valence-electron chi connectivity index (χ4n) is 3.12. The van der Waals surface area contributed by atoms with Crippen LogP contribution in [0.5, 0.6) is 0 Å². The van der Waals surface area contributed by atoms with Crippen LogP contribution in [0.3, 0.4) is 0 Å². The maximum absolute atomic E-state index is 12.7. The van der Waals surface area contributed by atoms with Crippen molar-refractivity contribution >= 4 is 39.5 Å². The van der Waals surface area contributed by atoms with Crippen molar-refractivity contribution in [2.75, 3.05) is 13.1 Å². The van der Waals surface area contributed by atoms with E-state index in [0.29, 0.717) is 32.5 Å². The molecule has 3 rings (SSSR count). The molecular weight excluding hydrogens is 428 g/mol. The average molecular weight is 451 g/mol. The van der Waals surface area contributed by atoms with Gasteiger partial charge in [-0.25, -0.2) is 0 Å². The number of rotatable bonds is 6. The standard InChI is InChI=1S/C20H23BrN2O3S/c1-14(27-18-6-4-16(21)5-7-18)20(25)23-10-8-15(9-11-23)19(24)22-13-17-3-2-12-26-17/h2-7,12,14-15H,8-11,13H2,1H3,(H,22,24). The number of hydrogen-bond acceptors (Lipinski definition) is 4. The van der Waals surface area contributed by atoms with Crippen molar-refractivity contribution in [1.29, 1.82) is 0 Å². The van der Waals surface area contributed by atoms with Gasteiger partial charge in [-0.3, -0.25) is 9.59 Å². The van der Waals surface area contributed by atoms with E-state index in [2.05, 4.69) is 21.2 Å². The minimum absolute atomic E-state index is 0.0378. The highest BCUT2D eigenvalue weighted by molar-refractivity contribution is 9.10. The lowest BCUT2D eigenvalue weighted by molar-refractivity contribution is -0.135. The Kier molecular flexibility index (Phi) is 7.01. The Hall–Kier alpha value is -1.73. The lowest BCUT2D eigenvalue weighted by Crippen LogP contribution is -2.45. The molecule has 1 aromatic carbocycles. The monoisotopic (exact) mass is 450 g/mol. The summed E-state index contributed by atoms with van der Waals surface area (Å²) in [5.74, 6) is 0.876. The Labute approximate surface area is 172 Å². The first-order valence-electron chi connectivity index (χ1n) is 9.04. The highest BCUT2D eigenvalue weighted by Gasteiger charge is 2.29. The third-order valence-corrected chi connectivity index (χ3v) is 6.30. The van der Waals surface area contributed by atoms with Crippen molar-refractivity contribution in [1.82, 2.24) is 10.2 Å². The van der Waals surface area contributed by atoms with Crippen LogP contribution in [0.4, 0.5) is 0 Å². The van der Waals surface area contributed by atoms with Crippen molar-refractivity contribution in [3.05, 3.63) is 52.9 Å². The Balaban J connectivity index is 1.44. The Morgan fingerprint density at radius 2 is 1.96 bits per heavy atom. The number of likely N-dealkylation sites (tertiary alicyclic amines) is 1. The number of thioether (sulfide) groups is 1. The molecule has 7 heteroatoms. The Bertz CT molecular complexity index is 756. The van der Waals surface area contributed by atoms with E-state index < -0.39 is 0 Å². The van der Waals surface area contributed by atoms with Gasteiger partial charge in [-0.05, 0) is 56.2 Å². The van der Waals surface area contributed by atoms with Gasteiger partial charge in [0.05, 0.1) is 18.1 Å². The van der Waals surface area contributed by atoms with Gasteiger partial charge in [-0.2, -0.15) is 0 Å². The van der Waals surface area contributed by atoms with Gasteiger partial charge in [-0.1, -0.05) is 15.9 Å². The summed E-state index contributed by atoms with van der Waals surface area (Å²) in [4.78, 5) is 28.0. The molecule has 0 aliphatic carbocycles. The molecule has 1 aliphatic heterocycles. The maximum atomic E-state index is 12.7. The first-order valence-corrected chi connectivity index (χ1v) is 10.7. The second-order valence-electron chi connectivity index (χ2n) is 6.61. The summed E-state index contributed by atoms with van der Waals surface area (Å²) in [5.41, 5.74) is 0. The van der Waals surface area contributed by atoms with Crippen LogP contribution in [0.1, 0.15) is 25.5 Å². The van der Waals surface area contributed by atoms with Crippen LogP contribution in [-0.2, 0) is 16.1 Å². The highest BCUT2D eigenvalue weighted by Crippen LogP contribution is 2.27.